The number of carbonyl (C=O) groups excluding carboxylic acids is 1. The summed E-state index contributed by atoms with van der Waals surface area (Å²) in [5, 5.41) is 6.58. The third kappa shape index (κ3) is 2.66. The number of rotatable bonds is 2. The molecule has 1 heterocycles. The fourth-order valence-electron chi connectivity index (χ4n) is 1.57. The third-order valence-corrected chi connectivity index (χ3v) is 3.01. The quantitative estimate of drug-likeness (QED) is 0.853. The predicted molar refractivity (Wildman–Crippen MR) is 73.1 cm³/mol. The zero-order valence-electron chi connectivity index (χ0n) is 9.45. The number of amides is 1. The van der Waals surface area contributed by atoms with Gasteiger partial charge >= 0.3 is 0 Å². The van der Waals surface area contributed by atoms with Gasteiger partial charge in [0.2, 0.25) is 0 Å². The monoisotopic (exact) mass is 342 g/mol. The molecule has 0 aliphatic rings. The van der Waals surface area contributed by atoms with Crippen LogP contribution in [0.15, 0.2) is 28.8 Å². The lowest BCUT2D eigenvalue weighted by atomic mass is 10.2. The van der Waals surface area contributed by atoms with Crippen molar-refractivity contribution in [1.29, 1.82) is 0 Å². The van der Waals surface area contributed by atoms with E-state index in [1.54, 1.807) is 13.8 Å². The molecule has 0 atom stereocenters. The van der Waals surface area contributed by atoms with Gasteiger partial charge in [0, 0.05) is 9.26 Å². The second-order valence-electron chi connectivity index (χ2n) is 3.66. The Morgan fingerprint density at radius 2 is 2.18 bits per heavy atom. The highest BCUT2D eigenvalue weighted by Crippen LogP contribution is 2.17. The molecule has 0 unspecified atom stereocenters. The number of aryl methyl sites for hydroxylation is 2. The number of anilines is 1. The number of nitrogens with one attached hydrogen (secondary N) is 1. The first-order valence-electron chi connectivity index (χ1n) is 5.07. The Hall–Kier alpha value is -1.37. The van der Waals surface area contributed by atoms with Crippen LogP contribution in [0.5, 0.6) is 0 Å². The van der Waals surface area contributed by atoms with E-state index in [9.17, 15) is 4.79 Å². The summed E-state index contributed by atoms with van der Waals surface area (Å²) in [7, 11) is 0. The largest absolute Gasteiger partial charge is 0.361 e. The van der Waals surface area contributed by atoms with Gasteiger partial charge in [-0.2, -0.15) is 0 Å². The van der Waals surface area contributed by atoms with Crippen molar-refractivity contribution in [2.45, 2.75) is 13.8 Å². The second-order valence-corrected chi connectivity index (χ2v) is 4.91. The summed E-state index contributed by atoms with van der Waals surface area (Å²) < 4.78 is 6.03. The molecule has 0 aliphatic heterocycles. The van der Waals surface area contributed by atoms with Crippen LogP contribution in [0.2, 0.25) is 0 Å². The van der Waals surface area contributed by atoms with Crippen LogP contribution in [0.4, 0.5) is 5.69 Å². The second kappa shape index (κ2) is 4.87. The number of aromatic nitrogens is 1. The molecule has 0 fully saturated rings. The van der Waals surface area contributed by atoms with Crippen LogP contribution in [-0.4, -0.2) is 11.1 Å². The van der Waals surface area contributed by atoms with E-state index >= 15 is 0 Å². The normalized spacial score (nSPS) is 10.3. The minimum atomic E-state index is -0.191. The minimum absolute atomic E-state index is 0.191. The maximum absolute atomic E-state index is 12.0. The first-order chi connectivity index (χ1) is 8.08. The molecule has 0 saturated heterocycles. The average molecular weight is 342 g/mol. The molecule has 2 aromatic rings. The first kappa shape index (κ1) is 12.1. The predicted octanol–water partition coefficient (Wildman–Crippen LogP) is 3.15. The van der Waals surface area contributed by atoms with Crippen molar-refractivity contribution >= 4 is 34.2 Å². The standard InChI is InChI=1S/C12H11IN2O2/c1-7-11(8(2)17-15-7)12(16)14-10-5-3-4-9(13)6-10/h3-6H,1-2H3,(H,14,16). The zero-order chi connectivity index (χ0) is 12.4. The Morgan fingerprint density at radius 1 is 1.41 bits per heavy atom. The van der Waals surface area contributed by atoms with Gasteiger partial charge in [-0.05, 0) is 54.6 Å². The van der Waals surface area contributed by atoms with Gasteiger partial charge in [-0.25, -0.2) is 0 Å². The molecule has 0 radical (unpaired) electrons. The maximum Gasteiger partial charge on any atom is 0.261 e. The lowest BCUT2D eigenvalue weighted by Gasteiger charge is -2.04. The highest BCUT2D eigenvalue weighted by Gasteiger charge is 2.17. The molecule has 17 heavy (non-hydrogen) atoms. The highest BCUT2D eigenvalue weighted by atomic mass is 127. The lowest BCUT2D eigenvalue weighted by molar-refractivity contribution is 0.102. The molecule has 1 aromatic carbocycles. The van der Waals surface area contributed by atoms with Crippen molar-refractivity contribution in [3.63, 3.8) is 0 Å². The lowest BCUT2D eigenvalue weighted by Crippen LogP contribution is -2.13. The summed E-state index contributed by atoms with van der Waals surface area (Å²) >= 11 is 2.20. The van der Waals surface area contributed by atoms with Crippen molar-refractivity contribution < 1.29 is 9.32 Å². The number of nitrogens with zero attached hydrogens (tertiary/aromatic N) is 1. The van der Waals surface area contributed by atoms with Crippen LogP contribution in [0.3, 0.4) is 0 Å². The maximum atomic E-state index is 12.0. The molecule has 2 rings (SSSR count). The van der Waals surface area contributed by atoms with Crippen LogP contribution in [-0.2, 0) is 0 Å². The van der Waals surface area contributed by atoms with E-state index in [0.29, 0.717) is 17.0 Å². The van der Waals surface area contributed by atoms with Gasteiger partial charge in [-0.15, -0.1) is 0 Å². The molecule has 0 saturated carbocycles. The van der Waals surface area contributed by atoms with Gasteiger partial charge in [0.1, 0.15) is 11.3 Å². The molecule has 5 heteroatoms. The Morgan fingerprint density at radius 3 is 2.76 bits per heavy atom. The molecule has 0 bridgehead atoms. The number of hydrogen-bond acceptors (Lipinski definition) is 3. The molecule has 88 valence electrons. The van der Waals surface area contributed by atoms with Crippen molar-refractivity contribution in [1.82, 2.24) is 5.16 Å². The third-order valence-electron chi connectivity index (χ3n) is 2.34. The molecular weight excluding hydrogens is 331 g/mol. The fraction of sp³-hybridized carbons (Fsp3) is 0.167. The zero-order valence-corrected chi connectivity index (χ0v) is 11.6. The van der Waals surface area contributed by atoms with Crippen LogP contribution in [0.25, 0.3) is 0 Å². The molecule has 0 spiro atoms. The highest BCUT2D eigenvalue weighted by molar-refractivity contribution is 14.1. The van der Waals surface area contributed by atoms with Gasteiger partial charge in [0.15, 0.2) is 0 Å². The summed E-state index contributed by atoms with van der Waals surface area (Å²) in [6.45, 7) is 3.48. The van der Waals surface area contributed by atoms with E-state index in [1.165, 1.54) is 0 Å². The van der Waals surface area contributed by atoms with Crippen LogP contribution >= 0.6 is 22.6 Å². The summed E-state index contributed by atoms with van der Waals surface area (Å²) in [6, 6.07) is 7.60. The van der Waals surface area contributed by atoms with Crippen LogP contribution < -0.4 is 5.32 Å². The van der Waals surface area contributed by atoms with E-state index in [-0.39, 0.29) is 5.91 Å². The number of halogens is 1. The molecule has 1 amide bonds. The average Bonchev–Trinajstić information content (AvgIpc) is 2.58. The van der Waals surface area contributed by atoms with E-state index in [0.717, 1.165) is 9.26 Å². The number of hydrogen-bond donors (Lipinski definition) is 1. The molecular formula is C12H11IN2O2. The van der Waals surface area contributed by atoms with Gasteiger partial charge in [-0.3, -0.25) is 4.79 Å². The molecule has 4 nitrogen and oxygen atoms in total. The molecule has 1 aromatic heterocycles. The van der Waals surface area contributed by atoms with E-state index in [1.807, 2.05) is 24.3 Å². The van der Waals surface area contributed by atoms with Crippen molar-refractivity contribution in [2.24, 2.45) is 0 Å². The van der Waals surface area contributed by atoms with Crippen LogP contribution in [0, 0.1) is 17.4 Å². The van der Waals surface area contributed by atoms with Crippen molar-refractivity contribution in [2.75, 3.05) is 5.32 Å². The topological polar surface area (TPSA) is 55.1 Å². The van der Waals surface area contributed by atoms with Crippen molar-refractivity contribution in [3.05, 3.63) is 44.9 Å². The Kier molecular flexibility index (Phi) is 3.46. The SMILES string of the molecule is Cc1noc(C)c1C(=O)Nc1cccc(I)c1. The smallest absolute Gasteiger partial charge is 0.261 e. The number of benzene rings is 1. The van der Waals surface area contributed by atoms with Crippen molar-refractivity contribution in [3.8, 4) is 0 Å². The Bertz CT molecular complexity index is 544. The van der Waals surface area contributed by atoms with Gasteiger partial charge in [0.05, 0.1) is 5.69 Å². The number of carbonyl (C=O) groups is 1. The van der Waals surface area contributed by atoms with E-state index in [4.69, 9.17) is 4.52 Å². The van der Waals surface area contributed by atoms with Gasteiger partial charge < -0.3 is 9.84 Å². The molecule has 0 aliphatic carbocycles. The fourth-order valence-corrected chi connectivity index (χ4v) is 2.11. The van der Waals surface area contributed by atoms with Gasteiger partial charge in [-0.1, -0.05) is 11.2 Å². The van der Waals surface area contributed by atoms with Gasteiger partial charge in [0.25, 0.3) is 5.91 Å². The van der Waals surface area contributed by atoms with Crippen LogP contribution in [0.1, 0.15) is 21.8 Å². The Labute approximate surface area is 113 Å². The summed E-state index contributed by atoms with van der Waals surface area (Å²) in [4.78, 5) is 12.0. The Balaban J connectivity index is 2.23. The summed E-state index contributed by atoms with van der Waals surface area (Å²) in [5.41, 5.74) is 1.87. The summed E-state index contributed by atoms with van der Waals surface area (Å²) in [6.07, 6.45) is 0. The first-order valence-corrected chi connectivity index (χ1v) is 6.15. The van der Waals surface area contributed by atoms with E-state index in [2.05, 4.69) is 33.1 Å². The summed E-state index contributed by atoms with van der Waals surface area (Å²) in [5.74, 6) is 0.342. The van der Waals surface area contributed by atoms with E-state index < -0.39 is 0 Å². The minimum Gasteiger partial charge on any atom is -0.361 e. The molecule has 1 N–H and O–H groups in total.